The summed E-state index contributed by atoms with van der Waals surface area (Å²) in [6.07, 6.45) is 2.47. The maximum absolute atomic E-state index is 11.6. The fourth-order valence-corrected chi connectivity index (χ4v) is 1.61. The van der Waals surface area contributed by atoms with Crippen LogP contribution in [0.25, 0.3) is 0 Å². The Bertz CT molecular complexity index is 565. The molecule has 1 aromatic heterocycles. The van der Waals surface area contributed by atoms with Crippen molar-refractivity contribution in [2.75, 3.05) is 17.7 Å². The number of esters is 1. The standard InChI is InChI=1S/C15H17N3O2/c1-2-9-20-15(19)11-3-5-12(6-4-11)18-13-7-8-14(16)17-10-13/h3-8,10,18H,2,9H2,1H3,(H2,16,17). The third-order valence-electron chi connectivity index (χ3n) is 2.63. The molecule has 20 heavy (non-hydrogen) atoms. The van der Waals surface area contributed by atoms with Gasteiger partial charge in [0, 0.05) is 5.69 Å². The second-order valence-electron chi connectivity index (χ2n) is 4.31. The molecule has 0 fully saturated rings. The molecule has 5 heteroatoms. The average Bonchev–Trinajstić information content (AvgIpc) is 2.48. The molecule has 0 radical (unpaired) electrons. The first-order valence-electron chi connectivity index (χ1n) is 6.45. The van der Waals surface area contributed by atoms with Gasteiger partial charge in [-0.25, -0.2) is 9.78 Å². The van der Waals surface area contributed by atoms with Gasteiger partial charge in [-0.05, 0) is 42.8 Å². The zero-order chi connectivity index (χ0) is 14.4. The molecular weight excluding hydrogens is 254 g/mol. The van der Waals surface area contributed by atoms with E-state index in [-0.39, 0.29) is 5.97 Å². The van der Waals surface area contributed by atoms with E-state index in [1.54, 1.807) is 24.4 Å². The lowest BCUT2D eigenvalue weighted by molar-refractivity contribution is 0.0505. The molecule has 0 saturated carbocycles. The Morgan fingerprint density at radius 1 is 1.20 bits per heavy atom. The van der Waals surface area contributed by atoms with Crippen LogP contribution in [0, 0.1) is 0 Å². The highest BCUT2D eigenvalue weighted by atomic mass is 16.5. The van der Waals surface area contributed by atoms with Gasteiger partial charge >= 0.3 is 5.97 Å². The van der Waals surface area contributed by atoms with Crippen molar-refractivity contribution in [1.82, 2.24) is 4.98 Å². The van der Waals surface area contributed by atoms with E-state index >= 15 is 0 Å². The summed E-state index contributed by atoms with van der Waals surface area (Å²) in [7, 11) is 0. The Kier molecular flexibility index (Phi) is 4.55. The maximum atomic E-state index is 11.6. The molecule has 0 spiro atoms. The van der Waals surface area contributed by atoms with Crippen LogP contribution >= 0.6 is 0 Å². The van der Waals surface area contributed by atoms with Gasteiger partial charge < -0.3 is 15.8 Å². The van der Waals surface area contributed by atoms with Crippen LogP contribution in [0.15, 0.2) is 42.6 Å². The van der Waals surface area contributed by atoms with Gasteiger partial charge in [0.2, 0.25) is 0 Å². The number of benzene rings is 1. The molecule has 2 rings (SSSR count). The number of nitrogens with zero attached hydrogens (tertiary/aromatic N) is 1. The molecule has 0 bridgehead atoms. The molecule has 104 valence electrons. The van der Waals surface area contributed by atoms with Gasteiger partial charge in [-0.3, -0.25) is 0 Å². The minimum atomic E-state index is -0.299. The van der Waals surface area contributed by atoms with Crippen LogP contribution < -0.4 is 11.1 Å². The van der Waals surface area contributed by atoms with E-state index in [0.717, 1.165) is 17.8 Å². The molecule has 2 aromatic rings. The molecule has 0 aliphatic rings. The summed E-state index contributed by atoms with van der Waals surface area (Å²) in [6, 6.07) is 10.7. The molecule has 5 nitrogen and oxygen atoms in total. The number of carbonyl (C=O) groups excluding carboxylic acids is 1. The lowest BCUT2D eigenvalue weighted by Crippen LogP contribution is -2.05. The van der Waals surface area contributed by atoms with Gasteiger partial charge in [0.1, 0.15) is 5.82 Å². The first kappa shape index (κ1) is 13.9. The van der Waals surface area contributed by atoms with E-state index < -0.39 is 0 Å². The van der Waals surface area contributed by atoms with Crippen molar-refractivity contribution in [1.29, 1.82) is 0 Å². The van der Waals surface area contributed by atoms with Crippen molar-refractivity contribution in [3.05, 3.63) is 48.2 Å². The topological polar surface area (TPSA) is 77.2 Å². The Balaban J connectivity index is 2.01. The van der Waals surface area contributed by atoms with E-state index in [9.17, 15) is 4.79 Å². The van der Waals surface area contributed by atoms with Gasteiger partial charge in [-0.2, -0.15) is 0 Å². The van der Waals surface area contributed by atoms with E-state index in [1.807, 2.05) is 25.1 Å². The number of rotatable bonds is 5. The van der Waals surface area contributed by atoms with Crippen molar-refractivity contribution >= 4 is 23.2 Å². The minimum absolute atomic E-state index is 0.299. The van der Waals surface area contributed by atoms with Gasteiger partial charge in [-0.15, -0.1) is 0 Å². The van der Waals surface area contributed by atoms with Crippen LogP contribution in [-0.2, 0) is 4.74 Å². The number of hydrogen-bond acceptors (Lipinski definition) is 5. The quantitative estimate of drug-likeness (QED) is 0.817. The molecule has 0 atom stereocenters. The van der Waals surface area contributed by atoms with E-state index in [0.29, 0.717) is 18.0 Å². The lowest BCUT2D eigenvalue weighted by atomic mass is 10.2. The SMILES string of the molecule is CCCOC(=O)c1ccc(Nc2ccc(N)nc2)cc1. The first-order valence-corrected chi connectivity index (χ1v) is 6.45. The summed E-state index contributed by atoms with van der Waals surface area (Å²) in [4.78, 5) is 15.6. The normalized spacial score (nSPS) is 10.1. The number of pyridine rings is 1. The molecule has 0 amide bonds. The van der Waals surface area contributed by atoms with Crippen molar-refractivity contribution < 1.29 is 9.53 Å². The Hall–Kier alpha value is -2.56. The lowest BCUT2D eigenvalue weighted by Gasteiger charge is -2.07. The van der Waals surface area contributed by atoms with Crippen LogP contribution in [0.2, 0.25) is 0 Å². The zero-order valence-electron chi connectivity index (χ0n) is 11.3. The molecule has 0 unspecified atom stereocenters. The average molecular weight is 271 g/mol. The third kappa shape index (κ3) is 3.71. The summed E-state index contributed by atoms with van der Waals surface area (Å²) < 4.78 is 5.07. The summed E-state index contributed by atoms with van der Waals surface area (Å²) in [6.45, 7) is 2.40. The summed E-state index contributed by atoms with van der Waals surface area (Å²) in [5.74, 6) is 0.178. The van der Waals surface area contributed by atoms with Crippen LogP contribution in [-0.4, -0.2) is 17.6 Å². The van der Waals surface area contributed by atoms with Crippen LogP contribution in [0.1, 0.15) is 23.7 Å². The smallest absolute Gasteiger partial charge is 0.338 e. The second-order valence-corrected chi connectivity index (χ2v) is 4.31. The van der Waals surface area contributed by atoms with E-state index in [2.05, 4.69) is 10.3 Å². The number of aromatic nitrogens is 1. The van der Waals surface area contributed by atoms with Gasteiger partial charge in [-0.1, -0.05) is 6.92 Å². The van der Waals surface area contributed by atoms with Gasteiger partial charge in [0.25, 0.3) is 0 Å². The first-order chi connectivity index (χ1) is 9.69. The zero-order valence-corrected chi connectivity index (χ0v) is 11.3. The number of nitrogen functional groups attached to an aromatic ring is 1. The monoisotopic (exact) mass is 271 g/mol. The van der Waals surface area contributed by atoms with Crippen LogP contribution in [0.5, 0.6) is 0 Å². The molecule has 0 aliphatic carbocycles. The van der Waals surface area contributed by atoms with Gasteiger partial charge in [0.05, 0.1) is 24.1 Å². The van der Waals surface area contributed by atoms with Crippen molar-refractivity contribution in [2.24, 2.45) is 0 Å². The Morgan fingerprint density at radius 3 is 2.50 bits per heavy atom. The summed E-state index contributed by atoms with van der Waals surface area (Å²) >= 11 is 0. The van der Waals surface area contributed by atoms with Crippen molar-refractivity contribution in [3.63, 3.8) is 0 Å². The molecule has 0 saturated heterocycles. The van der Waals surface area contributed by atoms with Gasteiger partial charge in [0.15, 0.2) is 0 Å². The predicted molar refractivity (Wildman–Crippen MR) is 78.9 cm³/mol. The predicted octanol–water partition coefficient (Wildman–Crippen LogP) is 2.97. The van der Waals surface area contributed by atoms with Crippen LogP contribution in [0.4, 0.5) is 17.2 Å². The number of nitrogens with one attached hydrogen (secondary N) is 1. The largest absolute Gasteiger partial charge is 0.462 e. The summed E-state index contributed by atoms with van der Waals surface area (Å²) in [5, 5.41) is 3.17. The summed E-state index contributed by atoms with van der Waals surface area (Å²) in [5.41, 5.74) is 7.76. The Morgan fingerprint density at radius 2 is 1.90 bits per heavy atom. The minimum Gasteiger partial charge on any atom is -0.462 e. The van der Waals surface area contributed by atoms with Crippen molar-refractivity contribution in [3.8, 4) is 0 Å². The third-order valence-corrected chi connectivity index (χ3v) is 2.63. The highest BCUT2D eigenvalue weighted by molar-refractivity contribution is 5.89. The number of nitrogens with two attached hydrogens (primary N) is 1. The number of hydrogen-bond donors (Lipinski definition) is 2. The molecule has 3 N–H and O–H groups in total. The molecular formula is C15H17N3O2. The molecule has 1 heterocycles. The Labute approximate surface area is 117 Å². The number of anilines is 3. The highest BCUT2D eigenvalue weighted by Crippen LogP contribution is 2.17. The van der Waals surface area contributed by atoms with E-state index in [1.165, 1.54) is 0 Å². The molecule has 0 aliphatic heterocycles. The fourth-order valence-electron chi connectivity index (χ4n) is 1.61. The maximum Gasteiger partial charge on any atom is 0.338 e. The van der Waals surface area contributed by atoms with E-state index in [4.69, 9.17) is 10.5 Å². The van der Waals surface area contributed by atoms with Crippen LogP contribution in [0.3, 0.4) is 0 Å². The van der Waals surface area contributed by atoms with Crippen molar-refractivity contribution in [2.45, 2.75) is 13.3 Å². The number of ether oxygens (including phenoxy) is 1. The fraction of sp³-hybridized carbons (Fsp3) is 0.200. The number of carbonyl (C=O) groups is 1. The second kappa shape index (κ2) is 6.56. The molecule has 1 aromatic carbocycles. The highest BCUT2D eigenvalue weighted by Gasteiger charge is 2.06.